The molecule has 1 aliphatic carbocycles. The molecule has 0 saturated heterocycles. The van der Waals surface area contributed by atoms with Crippen molar-refractivity contribution in [2.75, 3.05) is 6.54 Å². The predicted octanol–water partition coefficient (Wildman–Crippen LogP) is 2.07. The van der Waals surface area contributed by atoms with Crippen LogP contribution in [0.3, 0.4) is 0 Å². The van der Waals surface area contributed by atoms with Crippen molar-refractivity contribution in [3.63, 3.8) is 0 Å². The van der Waals surface area contributed by atoms with Crippen LogP contribution in [0.25, 0.3) is 0 Å². The summed E-state index contributed by atoms with van der Waals surface area (Å²) in [7, 11) is 0. The lowest BCUT2D eigenvalue weighted by molar-refractivity contribution is -0.120. The Bertz CT molecular complexity index is 499. The molecule has 1 saturated carbocycles. The predicted molar refractivity (Wildman–Crippen MR) is 81.7 cm³/mol. The van der Waals surface area contributed by atoms with Gasteiger partial charge in [0.05, 0.1) is 6.54 Å². The standard InChI is InChI=1S/C16H22FN3O2/c17-13-8-6-12(7-9-13)10-18-15(21)11-19-16(22)20-14-4-2-1-3-5-14/h6-9,14H,1-5,10-11H2,(H,18,21)(H2,19,20,22). The van der Waals surface area contributed by atoms with Gasteiger partial charge in [-0.2, -0.15) is 0 Å². The molecular formula is C16H22FN3O2. The molecule has 120 valence electrons. The van der Waals surface area contributed by atoms with Gasteiger partial charge in [0.15, 0.2) is 0 Å². The SMILES string of the molecule is O=C(CNC(=O)NC1CCCCC1)NCc1ccc(F)cc1. The van der Waals surface area contributed by atoms with E-state index in [0.717, 1.165) is 31.2 Å². The molecule has 0 atom stereocenters. The number of hydrogen-bond donors (Lipinski definition) is 3. The van der Waals surface area contributed by atoms with Crippen molar-refractivity contribution in [1.29, 1.82) is 0 Å². The summed E-state index contributed by atoms with van der Waals surface area (Å²) < 4.78 is 12.7. The quantitative estimate of drug-likeness (QED) is 0.779. The van der Waals surface area contributed by atoms with Gasteiger partial charge in [0.2, 0.25) is 5.91 Å². The average molecular weight is 307 g/mol. The highest BCUT2D eigenvalue weighted by atomic mass is 19.1. The van der Waals surface area contributed by atoms with Gasteiger partial charge in [-0.05, 0) is 30.5 Å². The summed E-state index contributed by atoms with van der Waals surface area (Å²) in [6.45, 7) is 0.241. The van der Waals surface area contributed by atoms with Crippen molar-refractivity contribution >= 4 is 11.9 Å². The second-order valence-corrected chi connectivity index (χ2v) is 5.57. The van der Waals surface area contributed by atoms with Crippen LogP contribution in [-0.4, -0.2) is 24.5 Å². The molecule has 0 radical (unpaired) electrons. The molecule has 1 aromatic rings. The highest BCUT2D eigenvalue weighted by molar-refractivity contribution is 5.83. The molecule has 0 unspecified atom stereocenters. The Morgan fingerprint density at radius 2 is 1.73 bits per heavy atom. The minimum absolute atomic E-state index is 0.0697. The van der Waals surface area contributed by atoms with E-state index >= 15 is 0 Å². The Balaban J connectivity index is 1.62. The molecule has 5 nitrogen and oxygen atoms in total. The van der Waals surface area contributed by atoms with Gasteiger partial charge in [0.1, 0.15) is 5.82 Å². The van der Waals surface area contributed by atoms with Crippen molar-refractivity contribution in [3.8, 4) is 0 Å². The van der Waals surface area contributed by atoms with Gasteiger partial charge < -0.3 is 16.0 Å². The normalized spacial score (nSPS) is 15.1. The zero-order valence-corrected chi connectivity index (χ0v) is 12.5. The summed E-state index contributed by atoms with van der Waals surface area (Å²) in [6.07, 6.45) is 5.52. The van der Waals surface area contributed by atoms with Crippen LogP contribution < -0.4 is 16.0 Å². The van der Waals surface area contributed by atoms with Crippen LogP contribution in [0, 0.1) is 5.82 Å². The zero-order chi connectivity index (χ0) is 15.8. The van der Waals surface area contributed by atoms with E-state index in [-0.39, 0.29) is 30.3 Å². The fourth-order valence-corrected chi connectivity index (χ4v) is 2.51. The van der Waals surface area contributed by atoms with Gasteiger partial charge in [0.25, 0.3) is 0 Å². The third kappa shape index (κ3) is 5.71. The molecule has 3 amide bonds. The second-order valence-electron chi connectivity index (χ2n) is 5.57. The van der Waals surface area contributed by atoms with Gasteiger partial charge in [-0.25, -0.2) is 9.18 Å². The van der Waals surface area contributed by atoms with E-state index in [4.69, 9.17) is 0 Å². The summed E-state index contributed by atoms with van der Waals surface area (Å²) >= 11 is 0. The first kappa shape index (κ1) is 16.3. The lowest BCUT2D eigenvalue weighted by atomic mass is 9.96. The molecule has 0 heterocycles. The highest BCUT2D eigenvalue weighted by Gasteiger charge is 2.15. The molecule has 1 aliphatic rings. The smallest absolute Gasteiger partial charge is 0.315 e. The van der Waals surface area contributed by atoms with E-state index in [1.165, 1.54) is 18.6 Å². The maximum atomic E-state index is 12.7. The lowest BCUT2D eigenvalue weighted by Gasteiger charge is -2.22. The van der Waals surface area contributed by atoms with E-state index in [2.05, 4.69) is 16.0 Å². The third-order valence-electron chi connectivity index (χ3n) is 3.75. The van der Waals surface area contributed by atoms with Gasteiger partial charge >= 0.3 is 6.03 Å². The zero-order valence-electron chi connectivity index (χ0n) is 12.5. The van der Waals surface area contributed by atoms with Crippen molar-refractivity contribution in [2.45, 2.75) is 44.7 Å². The molecule has 0 aromatic heterocycles. The van der Waals surface area contributed by atoms with Crippen LogP contribution in [0.1, 0.15) is 37.7 Å². The van der Waals surface area contributed by atoms with E-state index < -0.39 is 0 Å². The van der Waals surface area contributed by atoms with Crippen LogP contribution in [0.4, 0.5) is 9.18 Å². The monoisotopic (exact) mass is 307 g/mol. The van der Waals surface area contributed by atoms with Crippen molar-refractivity contribution < 1.29 is 14.0 Å². The summed E-state index contributed by atoms with van der Waals surface area (Å²) in [5, 5.41) is 8.11. The first-order valence-electron chi connectivity index (χ1n) is 7.69. The van der Waals surface area contributed by atoms with Gasteiger partial charge in [-0.15, -0.1) is 0 Å². The van der Waals surface area contributed by atoms with Crippen LogP contribution in [0.15, 0.2) is 24.3 Å². The summed E-state index contributed by atoms with van der Waals surface area (Å²) in [5.74, 6) is -0.584. The third-order valence-corrected chi connectivity index (χ3v) is 3.75. The Morgan fingerprint density at radius 1 is 1.05 bits per heavy atom. The molecule has 2 rings (SSSR count). The number of rotatable bonds is 5. The molecule has 0 spiro atoms. The molecule has 22 heavy (non-hydrogen) atoms. The Labute approximate surface area is 129 Å². The Morgan fingerprint density at radius 3 is 2.41 bits per heavy atom. The van der Waals surface area contributed by atoms with E-state index in [1.807, 2.05) is 0 Å². The van der Waals surface area contributed by atoms with E-state index in [1.54, 1.807) is 12.1 Å². The molecule has 0 aliphatic heterocycles. The summed E-state index contributed by atoms with van der Waals surface area (Å²) in [4.78, 5) is 23.3. The number of hydrogen-bond acceptors (Lipinski definition) is 2. The van der Waals surface area contributed by atoms with Gasteiger partial charge in [-0.1, -0.05) is 31.4 Å². The molecule has 1 aromatic carbocycles. The van der Waals surface area contributed by atoms with Crippen LogP contribution in [-0.2, 0) is 11.3 Å². The first-order chi connectivity index (χ1) is 10.6. The second kappa shape index (κ2) is 8.36. The largest absolute Gasteiger partial charge is 0.350 e. The number of nitrogens with one attached hydrogen (secondary N) is 3. The number of amides is 3. The maximum absolute atomic E-state index is 12.7. The number of benzene rings is 1. The lowest BCUT2D eigenvalue weighted by Crippen LogP contribution is -2.46. The van der Waals surface area contributed by atoms with Crippen molar-refractivity contribution in [3.05, 3.63) is 35.6 Å². The maximum Gasteiger partial charge on any atom is 0.315 e. The molecule has 0 bridgehead atoms. The van der Waals surface area contributed by atoms with Gasteiger partial charge in [0, 0.05) is 12.6 Å². The van der Waals surface area contributed by atoms with Gasteiger partial charge in [-0.3, -0.25) is 4.79 Å². The Hall–Kier alpha value is -2.11. The number of urea groups is 1. The fraction of sp³-hybridized carbons (Fsp3) is 0.500. The number of carbonyl (C=O) groups is 2. The van der Waals surface area contributed by atoms with Crippen molar-refractivity contribution in [1.82, 2.24) is 16.0 Å². The number of carbonyl (C=O) groups excluding carboxylic acids is 2. The van der Waals surface area contributed by atoms with Crippen molar-refractivity contribution in [2.24, 2.45) is 0 Å². The number of halogens is 1. The fourth-order valence-electron chi connectivity index (χ4n) is 2.51. The van der Waals surface area contributed by atoms with Crippen LogP contribution in [0.5, 0.6) is 0 Å². The summed E-state index contributed by atoms with van der Waals surface area (Å²) in [6, 6.07) is 5.83. The van der Waals surface area contributed by atoms with Crippen LogP contribution in [0.2, 0.25) is 0 Å². The average Bonchev–Trinajstić information content (AvgIpc) is 2.53. The minimum atomic E-state index is -0.309. The highest BCUT2D eigenvalue weighted by Crippen LogP contribution is 2.17. The molecule has 6 heteroatoms. The van der Waals surface area contributed by atoms with E-state index in [9.17, 15) is 14.0 Å². The molecular weight excluding hydrogens is 285 g/mol. The Kier molecular flexibility index (Phi) is 6.18. The first-order valence-corrected chi connectivity index (χ1v) is 7.69. The van der Waals surface area contributed by atoms with E-state index in [0.29, 0.717) is 6.54 Å². The van der Waals surface area contributed by atoms with Crippen LogP contribution >= 0.6 is 0 Å². The topological polar surface area (TPSA) is 70.2 Å². The molecule has 3 N–H and O–H groups in total. The summed E-state index contributed by atoms with van der Waals surface area (Å²) in [5.41, 5.74) is 0.807. The minimum Gasteiger partial charge on any atom is -0.350 e. The molecule has 1 fully saturated rings.